The van der Waals surface area contributed by atoms with Gasteiger partial charge in [0, 0.05) is 5.39 Å². The van der Waals surface area contributed by atoms with Gasteiger partial charge in [0.25, 0.3) is 0 Å². The van der Waals surface area contributed by atoms with Crippen LogP contribution < -0.4 is 5.46 Å². The third-order valence-corrected chi connectivity index (χ3v) is 7.13. The Balaban J connectivity index is 1.52. The third-order valence-electron chi connectivity index (χ3n) is 7.13. The average molecular weight is 405 g/mol. The number of rotatable bonds is 3. The normalized spacial score (nSPS) is 23.7. The van der Waals surface area contributed by atoms with E-state index in [1.54, 1.807) is 0 Å². The molecule has 30 heavy (non-hydrogen) atoms. The van der Waals surface area contributed by atoms with E-state index in [0.717, 1.165) is 52.5 Å². The first-order chi connectivity index (χ1) is 14.2. The lowest BCUT2D eigenvalue weighted by Gasteiger charge is -2.32. The Morgan fingerprint density at radius 1 is 1.17 bits per heavy atom. The number of H-pyrrole nitrogens is 1. The quantitative estimate of drug-likeness (QED) is 0.655. The summed E-state index contributed by atoms with van der Waals surface area (Å²) in [5.74, 6) is 0.936. The first-order valence-corrected chi connectivity index (χ1v) is 10.9. The van der Waals surface area contributed by atoms with E-state index >= 15 is 0 Å². The molecule has 0 spiro atoms. The van der Waals surface area contributed by atoms with Gasteiger partial charge in [0.2, 0.25) is 0 Å². The van der Waals surface area contributed by atoms with Crippen LogP contribution in [-0.4, -0.2) is 51.7 Å². The number of hydrogen-bond donors (Lipinski definition) is 2. The van der Waals surface area contributed by atoms with Crippen LogP contribution in [0.2, 0.25) is 6.82 Å². The molecule has 6 nitrogen and oxygen atoms in total. The van der Waals surface area contributed by atoms with E-state index in [2.05, 4.69) is 67.8 Å². The Labute approximate surface area is 178 Å². The van der Waals surface area contributed by atoms with Gasteiger partial charge >= 0.3 is 14.2 Å². The molecule has 0 amide bonds. The highest BCUT2D eigenvalue weighted by Crippen LogP contribution is 2.37. The highest BCUT2D eigenvalue weighted by Gasteiger charge is 2.51. The first-order valence-electron chi connectivity index (χ1n) is 10.9. The molecule has 8 heteroatoms. The highest BCUT2D eigenvalue weighted by atomic mass is 16.7. The van der Waals surface area contributed by atoms with E-state index < -0.39 is 7.05 Å². The molecule has 2 aromatic carbocycles. The predicted molar refractivity (Wildman–Crippen MR) is 122 cm³/mol. The third kappa shape index (κ3) is 3.09. The summed E-state index contributed by atoms with van der Waals surface area (Å²) in [6.07, 6.45) is 2.08. The van der Waals surface area contributed by atoms with Crippen molar-refractivity contribution in [2.75, 3.05) is 6.54 Å². The minimum absolute atomic E-state index is 0.136. The van der Waals surface area contributed by atoms with E-state index in [4.69, 9.17) is 14.3 Å². The van der Waals surface area contributed by atoms with Gasteiger partial charge in [-0.2, -0.15) is 0 Å². The Morgan fingerprint density at radius 3 is 2.60 bits per heavy atom. The fourth-order valence-corrected chi connectivity index (χ4v) is 4.65. The lowest BCUT2D eigenvalue weighted by molar-refractivity contribution is 0.00578. The van der Waals surface area contributed by atoms with E-state index in [1.807, 2.05) is 6.82 Å². The van der Waals surface area contributed by atoms with E-state index in [0.29, 0.717) is 0 Å². The SMILES string of the molecule is CB(O)N1CCC[C@H]1c1nc2c(ccc3cc(B4OC(C)(C)C(C)(C)O4)ccc32)[nH]1. The fraction of sp³-hybridized carbons (Fsp3) is 0.500. The number of fused-ring (bicyclic) bond motifs is 3. The maximum Gasteiger partial charge on any atom is 0.494 e. The maximum atomic E-state index is 10.1. The van der Waals surface area contributed by atoms with E-state index in [-0.39, 0.29) is 24.4 Å². The smallest absolute Gasteiger partial charge is 0.437 e. The first kappa shape index (κ1) is 20.1. The van der Waals surface area contributed by atoms with Crippen molar-refractivity contribution >= 4 is 41.4 Å². The summed E-state index contributed by atoms with van der Waals surface area (Å²) < 4.78 is 12.4. The fourth-order valence-electron chi connectivity index (χ4n) is 4.65. The standard InChI is InChI=1S/C22H29B2N3O3/c1-21(2)22(3,4)30-24(29-21)15-9-10-16-14(13-15)8-11-17-19(16)26-20(25-17)18-7-6-12-27(18)23(5)28/h8-11,13,18,28H,6-7,12H2,1-5H3,(H,25,26)/t18-/m0/s1. The molecule has 2 N–H and O–H groups in total. The zero-order chi connectivity index (χ0) is 21.3. The molecule has 2 saturated heterocycles. The van der Waals surface area contributed by atoms with Crippen LogP contribution in [0.15, 0.2) is 30.3 Å². The number of hydrogen-bond acceptors (Lipinski definition) is 5. The van der Waals surface area contributed by atoms with Gasteiger partial charge in [-0.25, -0.2) is 4.98 Å². The minimum Gasteiger partial charge on any atom is -0.437 e. The summed E-state index contributed by atoms with van der Waals surface area (Å²) in [7, 11) is -0.840. The van der Waals surface area contributed by atoms with Gasteiger partial charge in [-0.1, -0.05) is 24.3 Å². The Kier molecular flexibility index (Phi) is 4.56. The summed E-state index contributed by atoms with van der Waals surface area (Å²) in [6, 6.07) is 10.7. The van der Waals surface area contributed by atoms with E-state index in [1.165, 1.54) is 0 Å². The number of nitrogens with zero attached hydrogens (tertiary/aromatic N) is 2. The van der Waals surface area contributed by atoms with Gasteiger partial charge in [0.1, 0.15) is 5.82 Å². The molecule has 0 unspecified atom stereocenters. The molecule has 0 bridgehead atoms. The lowest BCUT2D eigenvalue weighted by atomic mass is 9.78. The molecule has 0 radical (unpaired) electrons. The number of benzene rings is 2. The van der Waals surface area contributed by atoms with Gasteiger partial charge in [-0.05, 0) is 70.8 Å². The van der Waals surface area contributed by atoms with Gasteiger partial charge in [-0.3, -0.25) is 0 Å². The number of aromatic nitrogens is 2. The molecule has 1 aromatic heterocycles. The van der Waals surface area contributed by atoms with Crippen LogP contribution in [-0.2, 0) is 9.31 Å². The van der Waals surface area contributed by atoms with Gasteiger partial charge in [-0.15, -0.1) is 0 Å². The molecule has 5 rings (SSSR count). The van der Waals surface area contributed by atoms with Crippen molar-refractivity contribution in [1.82, 2.24) is 14.8 Å². The zero-order valence-corrected chi connectivity index (χ0v) is 18.4. The predicted octanol–water partition coefficient (Wildman–Crippen LogP) is 3.26. The molecule has 3 heterocycles. The summed E-state index contributed by atoms with van der Waals surface area (Å²) in [5, 5.41) is 12.3. The summed E-state index contributed by atoms with van der Waals surface area (Å²) in [6.45, 7) is 11.0. The Bertz CT molecular complexity index is 1100. The molecule has 2 aliphatic rings. The molecule has 0 aliphatic carbocycles. The Hall–Kier alpha value is -1.86. The number of imidazole rings is 1. The van der Waals surface area contributed by atoms with Crippen molar-refractivity contribution < 1.29 is 14.3 Å². The minimum atomic E-state index is -0.468. The second-order valence-corrected chi connectivity index (χ2v) is 9.68. The van der Waals surface area contributed by atoms with Crippen LogP contribution in [0.5, 0.6) is 0 Å². The molecule has 1 atom stereocenters. The average Bonchev–Trinajstić information content (AvgIpc) is 3.37. The van der Waals surface area contributed by atoms with Crippen LogP contribution in [0.4, 0.5) is 0 Å². The molecular weight excluding hydrogens is 376 g/mol. The molecule has 2 aliphatic heterocycles. The van der Waals surface area contributed by atoms with Gasteiger partial charge in [0.05, 0.1) is 28.3 Å². The van der Waals surface area contributed by atoms with Gasteiger partial charge < -0.3 is 24.1 Å². The van der Waals surface area contributed by atoms with Crippen molar-refractivity contribution in [1.29, 1.82) is 0 Å². The molecule has 156 valence electrons. The number of nitrogens with one attached hydrogen (secondary N) is 1. The highest BCUT2D eigenvalue weighted by molar-refractivity contribution is 6.62. The largest absolute Gasteiger partial charge is 0.494 e. The van der Waals surface area contributed by atoms with Crippen LogP contribution in [0.3, 0.4) is 0 Å². The maximum absolute atomic E-state index is 10.1. The van der Waals surface area contributed by atoms with Crippen molar-refractivity contribution in [2.45, 2.75) is 64.6 Å². The van der Waals surface area contributed by atoms with Crippen LogP contribution in [0.1, 0.15) is 52.4 Å². The monoisotopic (exact) mass is 405 g/mol. The van der Waals surface area contributed by atoms with E-state index in [9.17, 15) is 5.02 Å². The Morgan fingerprint density at radius 2 is 1.90 bits per heavy atom. The summed E-state index contributed by atoms with van der Waals surface area (Å²) in [5.41, 5.74) is 2.31. The van der Waals surface area contributed by atoms with Crippen LogP contribution in [0, 0.1) is 0 Å². The number of aromatic amines is 1. The molecule has 2 fully saturated rings. The molecule has 3 aromatic rings. The molecular formula is C22H29B2N3O3. The lowest BCUT2D eigenvalue weighted by Crippen LogP contribution is -2.41. The summed E-state index contributed by atoms with van der Waals surface area (Å²) >= 11 is 0. The van der Waals surface area contributed by atoms with Crippen molar-refractivity contribution in [3.63, 3.8) is 0 Å². The topological polar surface area (TPSA) is 70.6 Å². The van der Waals surface area contributed by atoms with Crippen molar-refractivity contribution in [3.8, 4) is 0 Å². The van der Waals surface area contributed by atoms with Crippen LogP contribution >= 0.6 is 0 Å². The second-order valence-electron chi connectivity index (χ2n) is 9.68. The van der Waals surface area contributed by atoms with Gasteiger partial charge in [0.15, 0.2) is 0 Å². The summed E-state index contributed by atoms with van der Waals surface area (Å²) in [4.78, 5) is 10.6. The van der Waals surface area contributed by atoms with Crippen molar-refractivity contribution in [3.05, 3.63) is 36.2 Å². The van der Waals surface area contributed by atoms with Crippen molar-refractivity contribution in [2.24, 2.45) is 0 Å². The van der Waals surface area contributed by atoms with Crippen LogP contribution in [0.25, 0.3) is 21.8 Å². The zero-order valence-electron chi connectivity index (χ0n) is 18.4. The second kappa shape index (κ2) is 6.82. The molecule has 0 saturated carbocycles.